The predicted octanol–water partition coefficient (Wildman–Crippen LogP) is 2.26. The normalized spacial score (nSPS) is 18.9. The first-order chi connectivity index (χ1) is 7.49. The molecule has 0 N–H and O–H groups in total. The average Bonchev–Trinajstić information content (AvgIpc) is 2.20. The molecule has 0 saturated heterocycles. The molecule has 0 saturated carbocycles. The number of carbonyl (C=O) groups excluding carboxylic acids is 2. The Morgan fingerprint density at radius 2 is 2.25 bits per heavy atom. The smallest absolute Gasteiger partial charge is 0.339 e. The van der Waals surface area contributed by atoms with Crippen molar-refractivity contribution in [1.29, 1.82) is 0 Å². The molecule has 0 aromatic heterocycles. The van der Waals surface area contributed by atoms with E-state index >= 15 is 0 Å². The number of hydrogen-bond donors (Lipinski definition) is 0. The van der Waals surface area contributed by atoms with Gasteiger partial charge in [-0.2, -0.15) is 0 Å². The lowest BCUT2D eigenvalue weighted by Gasteiger charge is -2.22. The Morgan fingerprint density at radius 1 is 1.56 bits per heavy atom. The standard InChI is InChI=1S/C11H8BrFO3/c1-5(14)10-3-6-2-9(13)8(12)4-7(6)11(15)16-10/h2,4,10H,3H2,1H3. The summed E-state index contributed by atoms with van der Waals surface area (Å²) in [5.41, 5.74) is 0.822. The van der Waals surface area contributed by atoms with Crippen molar-refractivity contribution in [3.05, 3.63) is 33.5 Å². The molecule has 1 heterocycles. The minimum Gasteiger partial charge on any atom is -0.450 e. The summed E-state index contributed by atoms with van der Waals surface area (Å²) in [6, 6.07) is 2.64. The SMILES string of the molecule is CC(=O)C1Cc2cc(F)c(Br)cc2C(=O)O1. The molecule has 84 valence electrons. The summed E-state index contributed by atoms with van der Waals surface area (Å²) in [6.07, 6.45) is -0.554. The van der Waals surface area contributed by atoms with Crippen LogP contribution in [0.1, 0.15) is 22.8 Å². The fraction of sp³-hybridized carbons (Fsp3) is 0.273. The zero-order valence-electron chi connectivity index (χ0n) is 8.42. The number of halogens is 2. The number of esters is 1. The largest absolute Gasteiger partial charge is 0.450 e. The first kappa shape index (κ1) is 11.3. The van der Waals surface area contributed by atoms with Gasteiger partial charge in [0.05, 0.1) is 10.0 Å². The van der Waals surface area contributed by atoms with Gasteiger partial charge < -0.3 is 4.74 Å². The number of hydrogen-bond acceptors (Lipinski definition) is 3. The van der Waals surface area contributed by atoms with E-state index in [1.807, 2.05) is 0 Å². The van der Waals surface area contributed by atoms with Gasteiger partial charge in [0, 0.05) is 6.42 Å². The lowest BCUT2D eigenvalue weighted by molar-refractivity contribution is -0.125. The fourth-order valence-corrected chi connectivity index (χ4v) is 1.95. The van der Waals surface area contributed by atoms with Crippen LogP contribution in [0.3, 0.4) is 0 Å². The Bertz CT molecular complexity index is 484. The van der Waals surface area contributed by atoms with Gasteiger partial charge in [-0.1, -0.05) is 0 Å². The lowest BCUT2D eigenvalue weighted by atomic mass is 9.97. The second-order valence-corrected chi connectivity index (χ2v) is 4.49. The molecule has 0 amide bonds. The maximum absolute atomic E-state index is 13.3. The molecular formula is C11H8BrFO3. The number of benzene rings is 1. The number of ether oxygens (including phenoxy) is 1. The summed E-state index contributed by atoms with van der Waals surface area (Å²) in [5.74, 6) is -1.26. The molecule has 1 aliphatic heterocycles. The second kappa shape index (κ2) is 3.97. The van der Waals surface area contributed by atoms with Crippen molar-refractivity contribution in [2.45, 2.75) is 19.4 Å². The van der Waals surface area contributed by atoms with E-state index in [2.05, 4.69) is 15.9 Å². The molecule has 1 aromatic carbocycles. The zero-order chi connectivity index (χ0) is 11.9. The van der Waals surface area contributed by atoms with Gasteiger partial charge in [-0.05, 0) is 40.5 Å². The van der Waals surface area contributed by atoms with E-state index in [1.165, 1.54) is 19.1 Å². The highest BCUT2D eigenvalue weighted by atomic mass is 79.9. The van der Waals surface area contributed by atoms with Crippen LogP contribution in [0, 0.1) is 5.82 Å². The molecule has 1 aliphatic rings. The second-order valence-electron chi connectivity index (χ2n) is 3.63. The maximum atomic E-state index is 13.3. The number of fused-ring (bicyclic) bond motifs is 1. The molecule has 0 aliphatic carbocycles. The van der Waals surface area contributed by atoms with Gasteiger partial charge in [-0.15, -0.1) is 0 Å². The van der Waals surface area contributed by atoms with Crippen LogP contribution in [0.2, 0.25) is 0 Å². The van der Waals surface area contributed by atoms with Crippen LogP contribution in [-0.2, 0) is 16.0 Å². The van der Waals surface area contributed by atoms with Crippen LogP contribution in [0.25, 0.3) is 0 Å². The van der Waals surface area contributed by atoms with E-state index in [9.17, 15) is 14.0 Å². The molecule has 1 atom stereocenters. The van der Waals surface area contributed by atoms with E-state index in [0.717, 1.165) is 0 Å². The van der Waals surface area contributed by atoms with Crippen molar-refractivity contribution in [1.82, 2.24) is 0 Å². The van der Waals surface area contributed by atoms with Crippen molar-refractivity contribution < 1.29 is 18.7 Å². The van der Waals surface area contributed by atoms with Gasteiger partial charge in [-0.25, -0.2) is 9.18 Å². The van der Waals surface area contributed by atoms with Crippen LogP contribution in [0.5, 0.6) is 0 Å². The first-order valence-corrected chi connectivity index (χ1v) is 5.47. The molecule has 0 radical (unpaired) electrons. The van der Waals surface area contributed by atoms with Gasteiger partial charge in [0.2, 0.25) is 0 Å². The minimum atomic E-state index is -0.791. The monoisotopic (exact) mass is 286 g/mol. The summed E-state index contributed by atoms with van der Waals surface area (Å²) in [4.78, 5) is 22.7. The minimum absolute atomic E-state index is 0.212. The van der Waals surface area contributed by atoms with Gasteiger partial charge >= 0.3 is 5.97 Å². The number of rotatable bonds is 1. The molecule has 1 unspecified atom stereocenters. The summed E-state index contributed by atoms with van der Waals surface area (Å²) in [7, 11) is 0. The van der Waals surface area contributed by atoms with Crippen molar-refractivity contribution >= 4 is 27.7 Å². The highest BCUT2D eigenvalue weighted by Gasteiger charge is 2.30. The Kier molecular flexibility index (Phi) is 2.80. The number of cyclic esters (lactones) is 1. The third-order valence-corrected chi connectivity index (χ3v) is 3.08. The van der Waals surface area contributed by atoms with Gasteiger partial charge in [0.25, 0.3) is 0 Å². The highest BCUT2D eigenvalue weighted by molar-refractivity contribution is 9.10. The van der Waals surface area contributed by atoms with Crippen molar-refractivity contribution in [2.75, 3.05) is 0 Å². The Hall–Kier alpha value is -1.23. The summed E-state index contributed by atoms with van der Waals surface area (Å²) < 4.78 is 18.4. The van der Waals surface area contributed by atoms with E-state index in [0.29, 0.717) is 11.1 Å². The van der Waals surface area contributed by atoms with Crippen molar-refractivity contribution in [3.8, 4) is 0 Å². The Morgan fingerprint density at radius 3 is 2.88 bits per heavy atom. The first-order valence-electron chi connectivity index (χ1n) is 4.68. The van der Waals surface area contributed by atoms with Crippen molar-refractivity contribution in [3.63, 3.8) is 0 Å². The van der Waals surface area contributed by atoms with Crippen LogP contribution < -0.4 is 0 Å². The van der Waals surface area contributed by atoms with E-state index in [-0.39, 0.29) is 16.7 Å². The summed E-state index contributed by atoms with van der Waals surface area (Å²) in [6.45, 7) is 1.35. The summed E-state index contributed by atoms with van der Waals surface area (Å²) >= 11 is 3.00. The van der Waals surface area contributed by atoms with Crippen molar-refractivity contribution in [2.24, 2.45) is 0 Å². The van der Waals surface area contributed by atoms with Gasteiger partial charge in [-0.3, -0.25) is 4.79 Å². The summed E-state index contributed by atoms with van der Waals surface area (Å²) in [5, 5.41) is 0. The molecule has 3 nitrogen and oxygen atoms in total. The van der Waals surface area contributed by atoms with E-state index in [1.54, 1.807) is 0 Å². The molecule has 5 heteroatoms. The number of ketones is 1. The molecule has 1 aromatic rings. The van der Waals surface area contributed by atoms with E-state index < -0.39 is 17.9 Å². The average molecular weight is 287 g/mol. The topological polar surface area (TPSA) is 43.4 Å². The molecule has 16 heavy (non-hydrogen) atoms. The van der Waals surface area contributed by atoms with Gasteiger partial charge in [0.1, 0.15) is 5.82 Å². The number of Topliss-reactive ketones (excluding diaryl/α,β-unsaturated/α-hetero) is 1. The molecule has 0 spiro atoms. The van der Waals surface area contributed by atoms with Crippen LogP contribution in [-0.4, -0.2) is 17.9 Å². The van der Waals surface area contributed by atoms with Gasteiger partial charge in [0.15, 0.2) is 11.9 Å². The van der Waals surface area contributed by atoms with Crippen LogP contribution in [0.4, 0.5) is 4.39 Å². The van der Waals surface area contributed by atoms with E-state index in [4.69, 9.17) is 4.74 Å². The quantitative estimate of drug-likeness (QED) is 0.744. The molecular weight excluding hydrogens is 279 g/mol. The lowest BCUT2D eigenvalue weighted by Crippen LogP contribution is -2.33. The number of carbonyl (C=O) groups is 2. The Labute approximate surface area is 99.7 Å². The molecule has 0 bridgehead atoms. The Balaban J connectivity index is 2.46. The third-order valence-electron chi connectivity index (χ3n) is 2.47. The van der Waals surface area contributed by atoms with Crippen LogP contribution in [0.15, 0.2) is 16.6 Å². The van der Waals surface area contributed by atoms with Crippen LogP contribution >= 0.6 is 15.9 Å². The molecule has 0 fully saturated rings. The maximum Gasteiger partial charge on any atom is 0.339 e. The zero-order valence-corrected chi connectivity index (χ0v) is 10.0. The predicted molar refractivity (Wildman–Crippen MR) is 57.7 cm³/mol. The molecule has 2 rings (SSSR count). The third kappa shape index (κ3) is 1.87. The highest BCUT2D eigenvalue weighted by Crippen LogP contribution is 2.26. The fourth-order valence-electron chi connectivity index (χ4n) is 1.61.